The number of aliphatic hydroxyl groups is 1. The summed E-state index contributed by atoms with van der Waals surface area (Å²) in [5.74, 6) is 0.629. The molecule has 0 aromatic carbocycles. The van der Waals surface area contributed by atoms with Crippen LogP contribution in [0.5, 0.6) is 5.88 Å². The van der Waals surface area contributed by atoms with E-state index in [0.717, 1.165) is 29.7 Å². The predicted octanol–water partition coefficient (Wildman–Crippen LogP) is 3.54. The Balaban J connectivity index is 2.11. The molecule has 2 rings (SSSR count). The Bertz CT molecular complexity index is 444. The summed E-state index contributed by atoms with van der Waals surface area (Å²) < 4.78 is 6.06. The minimum Gasteiger partial charge on any atom is -0.474 e. The second kappa shape index (κ2) is 5.49. The molecule has 1 saturated carbocycles. The van der Waals surface area contributed by atoms with E-state index in [1.165, 1.54) is 12.8 Å². The average Bonchev–Trinajstić information content (AvgIpc) is 2.31. The molecule has 0 radical (unpaired) electrons. The van der Waals surface area contributed by atoms with Crippen molar-refractivity contribution in [1.82, 2.24) is 4.98 Å². The molecule has 1 aliphatic rings. The van der Waals surface area contributed by atoms with Crippen LogP contribution in [0, 0.1) is 19.3 Å². The van der Waals surface area contributed by atoms with Crippen molar-refractivity contribution in [3.63, 3.8) is 0 Å². The molecule has 106 valence electrons. The van der Waals surface area contributed by atoms with Crippen LogP contribution in [0.3, 0.4) is 0 Å². The van der Waals surface area contributed by atoms with Crippen LogP contribution in [0.4, 0.5) is 0 Å². The van der Waals surface area contributed by atoms with Gasteiger partial charge in [0.15, 0.2) is 0 Å². The van der Waals surface area contributed by atoms with Gasteiger partial charge in [0.25, 0.3) is 0 Å². The van der Waals surface area contributed by atoms with Crippen LogP contribution in [0.25, 0.3) is 0 Å². The number of aryl methyl sites for hydroxylation is 2. The Kier molecular flexibility index (Phi) is 4.14. The van der Waals surface area contributed by atoms with E-state index in [1.54, 1.807) is 0 Å². The zero-order valence-corrected chi connectivity index (χ0v) is 12.5. The third-order valence-electron chi connectivity index (χ3n) is 4.16. The van der Waals surface area contributed by atoms with Crippen LogP contribution in [0.15, 0.2) is 6.07 Å². The van der Waals surface area contributed by atoms with Gasteiger partial charge in [-0.05, 0) is 56.6 Å². The fraction of sp³-hybridized carbons (Fsp3) is 0.688. The molecule has 0 atom stereocenters. The second-order valence-corrected chi connectivity index (χ2v) is 6.50. The second-order valence-electron chi connectivity index (χ2n) is 6.50. The number of pyridine rings is 1. The van der Waals surface area contributed by atoms with Gasteiger partial charge in [0.1, 0.15) is 6.10 Å². The molecule has 1 N–H and O–H groups in total. The molecule has 3 nitrogen and oxygen atoms in total. The molecule has 0 saturated heterocycles. The monoisotopic (exact) mass is 263 g/mol. The van der Waals surface area contributed by atoms with Gasteiger partial charge < -0.3 is 9.84 Å². The summed E-state index contributed by atoms with van der Waals surface area (Å²) >= 11 is 0. The first-order chi connectivity index (χ1) is 8.91. The molecule has 19 heavy (non-hydrogen) atoms. The maximum atomic E-state index is 9.48. The highest BCUT2D eigenvalue weighted by Gasteiger charge is 2.28. The van der Waals surface area contributed by atoms with Crippen molar-refractivity contribution in [3.05, 3.63) is 22.9 Å². The third-order valence-corrected chi connectivity index (χ3v) is 4.16. The molecule has 0 bridgehead atoms. The zero-order chi connectivity index (χ0) is 14.0. The molecule has 0 spiro atoms. The van der Waals surface area contributed by atoms with E-state index in [9.17, 15) is 5.11 Å². The first kappa shape index (κ1) is 14.3. The summed E-state index contributed by atoms with van der Waals surface area (Å²) in [6.45, 7) is 8.59. The van der Waals surface area contributed by atoms with E-state index in [2.05, 4.69) is 18.8 Å². The van der Waals surface area contributed by atoms with Crippen molar-refractivity contribution in [2.24, 2.45) is 5.41 Å². The highest BCUT2D eigenvalue weighted by molar-refractivity contribution is 5.35. The Morgan fingerprint density at radius 3 is 2.53 bits per heavy atom. The lowest BCUT2D eigenvalue weighted by Gasteiger charge is -2.34. The first-order valence-electron chi connectivity index (χ1n) is 7.16. The Morgan fingerprint density at radius 2 is 1.95 bits per heavy atom. The molecule has 0 amide bonds. The standard InChI is InChI=1S/C16H25NO2/c1-11-9-12(2)17-15(14(11)10-18)19-13-5-7-16(3,4)8-6-13/h9,13,18H,5-8,10H2,1-4H3. The van der Waals surface area contributed by atoms with E-state index in [4.69, 9.17) is 4.74 Å². The van der Waals surface area contributed by atoms with Crippen LogP contribution in [0.2, 0.25) is 0 Å². The lowest BCUT2D eigenvalue weighted by molar-refractivity contribution is 0.0921. The molecule has 3 heteroatoms. The number of aliphatic hydroxyl groups excluding tert-OH is 1. The van der Waals surface area contributed by atoms with Gasteiger partial charge in [-0.15, -0.1) is 0 Å². The van der Waals surface area contributed by atoms with Crippen LogP contribution in [0.1, 0.15) is 56.4 Å². The van der Waals surface area contributed by atoms with Crippen molar-refractivity contribution < 1.29 is 9.84 Å². The van der Waals surface area contributed by atoms with Gasteiger partial charge in [0, 0.05) is 11.3 Å². The molecule has 1 heterocycles. The third kappa shape index (κ3) is 3.47. The van der Waals surface area contributed by atoms with Crippen molar-refractivity contribution >= 4 is 0 Å². The summed E-state index contributed by atoms with van der Waals surface area (Å²) in [5, 5.41) is 9.48. The fourth-order valence-electron chi connectivity index (χ4n) is 2.77. The molecule has 1 fully saturated rings. The van der Waals surface area contributed by atoms with E-state index < -0.39 is 0 Å². The topological polar surface area (TPSA) is 42.4 Å². The number of nitrogens with zero attached hydrogens (tertiary/aromatic N) is 1. The maximum absolute atomic E-state index is 9.48. The summed E-state index contributed by atoms with van der Waals surface area (Å²) in [6.07, 6.45) is 4.78. The highest BCUT2D eigenvalue weighted by Crippen LogP contribution is 2.37. The summed E-state index contributed by atoms with van der Waals surface area (Å²) in [4.78, 5) is 4.45. The summed E-state index contributed by atoms with van der Waals surface area (Å²) in [7, 11) is 0. The van der Waals surface area contributed by atoms with Crippen LogP contribution < -0.4 is 4.74 Å². The van der Waals surface area contributed by atoms with Crippen LogP contribution >= 0.6 is 0 Å². The minimum atomic E-state index is -0.00728. The van der Waals surface area contributed by atoms with Gasteiger partial charge in [0.2, 0.25) is 5.88 Å². The molecule has 0 aliphatic heterocycles. The molecule has 0 unspecified atom stereocenters. The quantitative estimate of drug-likeness (QED) is 0.907. The molecule has 1 aromatic rings. The van der Waals surface area contributed by atoms with Gasteiger partial charge >= 0.3 is 0 Å². The molecule has 1 aromatic heterocycles. The number of rotatable bonds is 3. The van der Waals surface area contributed by atoms with E-state index in [0.29, 0.717) is 11.3 Å². The van der Waals surface area contributed by atoms with E-state index >= 15 is 0 Å². The van der Waals surface area contributed by atoms with Gasteiger partial charge in [-0.25, -0.2) is 4.98 Å². The maximum Gasteiger partial charge on any atom is 0.219 e. The SMILES string of the molecule is Cc1cc(C)c(CO)c(OC2CCC(C)(C)CC2)n1. The lowest BCUT2D eigenvalue weighted by atomic mass is 9.76. The van der Waals surface area contributed by atoms with Crippen LogP contribution in [-0.4, -0.2) is 16.2 Å². The highest BCUT2D eigenvalue weighted by atomic mass is 16.5. The Labute approximate surface area is 116 Å². The van der Waals surface area contributed by atoms with Crippen molar-refractivity contribution in [3.8, 4) is 5.88 Å². The number of ether oxygens (including phenoxy) is 1. The first-order valence-corrected chi connectivity index (χ1v) is 7.16. The van der Waals surface area contributed by atoms with Gasteiger partial charge in [0.05, 0.1) is 6.61 Å². The van der Waals surface area contributed by atoms with E-state index in [1.807, 2.05) is 19.9 Å². The normalized spacial score (nSPS) is 19.4. The van der Waals surface area contributed by atoms with Gasteiger partial charge in [-0.2, -0.15) is 0 Å². The average molecular weight is 263 g/mol. The largest absolute Gasteiger partial charge is 0.474 e. The van der Waals surface area contributed by atoms with Gasteiger partial charge in [-0.1, -0.05) is 13.8 Å². The van der Waals surface area contributed by atoms with Crippen molar-refractivity contribution in [2.45, 2.75) is 66.1 Å². The summed E-state index contributed by atoms with van der Waals surface area (Å²) in [5.41, 5.74) is 3.27. The predicted molar refractivity (Wildman–Crippen MR) is 76.3 cm³/mol. The fourth-order valence-corrected chi connectivity index (χ4v) is 2.77. The Hall–Kier alpha value is -1.09. The molecular weight excluding hydrogens is 238 g/mol. The number of hydrogen-bond acceptors (Lipinski definition) is 3. The van der Waals surface area contributed by atoms with Crippen LogP contribution in [-0.2, 0) is 6.61 Å². The molecule has 1 aliphatic carbocycles. The number of aromatic nitrogens is 1. The minimum absolute atomic E-state index is 0.00728. The lowest BCUT2D eigenvalue weighted by Crippen LogP contribution is -2.29. The van der Waals surface area contributed by atoms with Crippen molar-refractivity contribution in [2.75, 3.05) is 0 Å². The van der Waals surface area contributed by atoms with Gasteiger partial charge in [-0.3, -0.25) is 0 Å². The smallest absolute Gasteiger partial charge is 0.219 e. The zero-order valence-electron chi connectivity index (χ0n) is 12.5. The summed E-state index contributed by atoms with van der Waals surface area (Å²) in [6, 6.07) is 1.99. The number of hydrogen-bond donors (Lipinski definition) is 1. The molecular formula is C16H25NO2. The van der Waals surface area contributed by atoms with Crippen molar-refractivity contribution in [1.29, 1.82) is 0 Å². The Morgan fingerprint density at radius 1 is 1.32 bits per heavy atom. The van der Waals surface area contributed by atoms with E-state index in [-0.39, 0.29) is 12.7 Å².